The summed E-state index contributed by atoms with van der Waals surface area (Å²) in [5.74, 6) is 0.704. The van der Waals surface area contributed by atoms with Crippen LogP contribution in [0.3, 0.4) is 0 Å². The van der Waals surface area contributed by atoms with E-state index in [4.69, 9.17) is 0 Å². The van der Waals surface area contributed by atoms with Gasteiger partial charge < -0.3 is 5.32 Å². The number of aryl methyl sites for hydroxylation is 1. The van der Waals surface area contributed by atoms with E-state index in [1.807, 2.05) is 13.2 Å². The van der Waals surface area contributed by atoms with E-state index in [2.05, 4.69) is 34.5 Å². The van der Waals surface area contributed by atoms with Crippen LogP contribution < -0.4 is 5.32 Å². The molecule has 0 radical (unpaired) electrons. The molecule has 90 valence electrons. The van der Waals surface area contributed by atoms with Crippen molar-refractivity contribution in [3.63, 3.8) is 0 Å². The second-order valence-corrected chi connectivity index (χ2v) is 4.78. The van der Waals surface area contributed by atoms with Crippen molar-refractivity contribution in [1.29, 1.82) is 0 Å². The van der Waals surface area contributed by atoms with Gasteiger partial charge in [-0.2, -0.15) is 0 Å². The molecule has 1 N–H and O–H groups in total. The van der Waals surface area contributed by atoms with Crippen molar-refractivity contribution >= 4 is 0 Å². The minimum atomic E-state index is 0.665. The summed E-state index contributed by atoms with van der Waals surface area (Å²) >= 11 is 0. The summed E-state index contributed by atoms with van der Waals surface area (Å²) < 4.78 is 1.76. The third-order valence-electron chi connectivity index (χ3n) is 3.40. The van der Waals surface area contributed by atoms with Gasteiger partial charge in [-0.25, -0.2) is 0 Å². The fraction of sp³-hybridized carbons (Fsp3) is 0.818. The lowest BCUT2D eigenvalue weighted by Crippen LogP contribution is -2.46. The summed E-state index contributed by atoms with van der Waals surface area (Å²) in [6, 6.07) is 0.665. The average molecular weight is 223 g/mol. The fourth-order valence-electron chi connectivity index (χ4n) is 2.50. The first-order valence-electron chi connectivity index (χ1n) is 5.94. The Kier molecular flexibility index (Phi) is 3.56. The zero-order chi connectivity index (χ0) is 11.5. The lowest BCUT2D eigenvalue weighted by Gasteiger charge is -2.36. The molecule has 5 heteroatoms. The highest BCUT2D eigenvalue weighted by Gasteiger charge is 2.24. The van der Waals surface area contributed by atoms with Crippen molar-refractivity contribution in [3.8, 4) is 0 Å². The first-order chi connectivity index (χ1) is 7.69. The van der Waals surface area contributed by atoms with Crippen molar-refractivity contribution in [3.05, 3.63) is 11.9 Å². The van der Waals surface area contributed by atoms with Gasteiger partial charge in [0.2, 0.25) is 0 Å². The molecular formula is C11H21N5. The second-order valence-electron chi connectivity index (χ2n) is 4.78. The number of hydrogen-bond acceptors (Lipinski definition) is 4. The van der Waals surface area contributed by atoms with Crippen LogP contribution in [0.4, 0.5) is 0 Å². The molecule has 1 aliphatic rings. The van der Waals surface area contributed by atoms with Gasteiger partial charge in [0.05, 0.1) is 5.69 Å². The highest BCUT2D eigenvalue weighted by molar-refractivity contribution is 4.93. The Hall–Kier alpha value is -0.940. The Morgan fingerprint density at radius 2 is 2.38 bits per heavy atom. The van der Waals surface area contributed by atoms with E-state index in [-0.39, 0.29) is 0 Å². The molecule has 16 heavy (non-hydrogen) atoms. The Bertz CT molecular complexity index is 335. The summed E-state index contributed by atoms with van der Waals surface area (Å²) in [4.78, 5) is 2.46. The van der Waals surface area contributed by atoms with Crippen LogP contribution in [0.5, 0.6) is 0 Å². The molecule has 1 fully saturated rings. The van der Waals surface area contributed by atoms with Crippen LogP contribution in [-0.4, -0.2) is 46.1 Å². The number of piperidine rings is 1. The van der Waals surface area contributed by atoms with Crippen molar-refractivity contribution < 1.29 is 0 Å². The topological polar surface area (TPSA) is 46.0 Å². The Balaban J connectivity index is 1.88. The van der Waals surface area contributed by atoms with E-state index in [0.29, 0.717) is 12.0 Å². The third-order valence-corrected chi connectivity index (χ3v) is 3.40. The van der Waals surface area contributed by atoms with Gasteiger partial charge in [0, 0.05) is 38.9 Å². The van der Waals surface area contributed by atoms with E-state index < -0.39 is 0 Å². The maximum atomic E-state index is 4.13. The summed E-state index contributed by atoms with van der Waals surface area (Å²) in [6.45, 7) is 5.52. The van der Waals surface area contributed by atoms with Crippen LogP contribution >= 0.6 is 0 Å². The molecule has 0 saturated carbocycles. The Labute approximate surface area is 96.8 Å². The van der Waals surface area contributed by atoms with Gasteiger partial charge in [-0.1, -0.05) is 12.1 Å². The van der Waals surface area contributed by atoms with Crippen molar-refractivity contribution in [1.82, 2.24) is 25.2 Å². The molecule has 2 unspecified atom stereocenters. The predicted molar refractivity (Wildman–Crippen MR) is 62.9 cm³/mol. The van der Waals surface area contributed by atoms with E-state index >= 15 is 0 Å². The molecule has 1 aromatic rings. The lowest BCUT2D eigenvalue weighted by atomic mass is 9.94. The quantitative estimate of drug-likeness (QED) is 0.797. The molecular weight excluding hydrogens is 202 g/mol. The van der Waals surface area contributed by atoms with E-state index in [1.54, 1.807) is 4.68 Å². The lowest BCUT2D eigenvalue weighted by molar-refractivity contribution is 0.143. The maximum absolute atomic E-state index is 4.13. The number of hydrogen-bond donors (Lipinski definition) is 1. The zero-order valence-corrected chi connectivity index (χ0v) is 10.3. The van der Waals surface area contributed by atoms with Gasteiger partial charge in [-0.3, -0.25) is 9.58 Å². The van der Waals surface area contributed by atoms with Crippen LogP contribution in [0.25, 0.3) is 0 Å². The van der Waals surface area contributed by atoms with Gasteiger partial charge in [-0.15, -0.1) is 5.10 Å². The van der Waals surface area contributed by atoms with Crippen LogP contribution in [0.1, 0.15) is 19.0 Å². The van der Waals surface area contributed by atoms with Crippen molar-refractivity contribution in [2.45, 2.75) is 25.9 Å². The van der Waals surface area contributed by atoms with Crippen LogP contribution in [0.15, 0.2) is 6.20 Å². The molecule has 0 spiro atoms. The van der Waals surface area contributed by atoms with E-state index in [0.717, 1.165) is 25.3 Å². The summed E-state index contributed by atoms with van der Waals surface area (Å²) in [5.41, 5.74) is 1.07. The summed E-state index contributed by atoms with van der Waals surface area (Å²) in [7, 11) is 3.96. The standard InChI is InChI=1S/C11H21N5/c1-9-6-16(5-4-11(9)12-2)8-10-7-15(3)14-13-10/h7,9,11-12H,4-6,8H2,1-3H3. The minimum absolute atomic E-state index is 0.665. The number of nitrogens with one attached hydrogen (secondary N) is 1. The van der Waals surface area contributed by atoms with Crippen LogP contribution in [-0.2, 0) is 13.6 Å². The minimum Gasteiger partial charge on any atom is -0.317 e. The summed E-state index contributed by atoms with van der Waals surface area (Å²) in [6.07, 6.45) is 3.22. The van der Waals surface area contributed by atoms with Gasteiger partial charge in [0.25, 0.3) is 0 Å². The van der Waals surface area contributed by atoms with E-state index in [1.165, 1.54) is 6.42 Å². The summed E-state index contributed by atoms with van der Waals surface area (Å²) in [5, 5.41) is 11.5. The smallest absolute Gasteiger partial charge is 0.0967 e. The Morgan fingerprint density at radius 1 is 1.56 bits per heavy atom. The van der Waals surface area contributed by atoms with Crippen LogP contribution in [0, 0.1) is 5.92 Å². The molecule has 2 heterocycles. The number of aromatic nitrogens is 3. The van der Waals surface area contributed by atoms with Crippen molar-refractivity contribution in [2.24, 2.45) is 13.0 Å². The second kappa shape index (κ2) is 4.93. The number of rotatable bonds is 3. The average Bonchev–Trinajstić information content (AvgIpc) is 2.64. The first-order valence-corrected chi connectivity index (χ1v) is 5.94. The largest absolute Gasteiger partial charge is 0.317 e. The molecule has 1 saturated heterocycles. The molecule has 5 nitrogen and oxygen atoms in total. The zero-order valence-electron chi connectivity index (χ0n) is 10.3. The molecule has 2 atom stereocenters. The predicted octanol–water partition coefficient (Wildman–Crippen LogP) is 0.245. The van der Waals surface area contributed by atoms with Gasteiger partial charge in [0.1, 0.15) is 0 Å². The van der Waals surface area contributed by atoms with Gasteiger partial charge in [0.15, 0.2) is 0 Å². The molecule has 1 aliphatic heterocycles. The number of nitrogens with zero attached hydrogens (tertiary/aromatic N) is 4. The third kappa shape index (κ3) is 2.59. The van der Waals surface area contributed by atoms with Crippen LogP contribution in [0.2, 0.25) is 0 Å². The fourth-order valence-corrected chi connectivity index (χ4v) is 2.50. The molecule has 0 amide bonds. The van der Waals surface area contributed by atoms with Crippen molar-refractivity contribution in [2.75, 3.05) is 20.1 Å². The SMILES string of the molecule is CNC1CCN(Cc2cn(C)nn2)CC1C. The maximum Gasteiger partial charge on any atom is 0.0967 e. The first kappa shape index (κ1) is 11.5. The Morgan fingerprint density at radius 3 is 2.94 bits per heavy atom. The molecule has 0 bridgehead atoms. The molecule has 0 aliphatic carbocycles. The van der Waals surface area contributed by atoms with Gasteiger partial charge in [-0.05, 0) is 19.4 Å². The normalized spacial score (nSPS) is 27.2. The monoisotopic (exact) mass is 223 g/mol. The van der Waals surface area contributed by atoms with E-state index in [9.17, 15) is 0 Å². The molecule has 2 rings (SSSR count). The molecule has 1 aromatic heterocycles. The molecule has 0 aromatic carbocycles. The number of likely N-dealkylation sites (tertiary alicyclic amines) is 1. The highest BCUT2D eigenvalue weighted by atomic mass is 15.4. The highest BCUT2D eigenvalue weighted by Crippen LogP contribution is 2.17. The van der Waals surface area contributed by atoms with Gasteiger partial charge >= 0.3 is 0 Å².